The number of ether oxygens (including phenoxy) is 1. The summed E-state index contributed by atoms with van der Waals surface area (Å²) >= 11 is 0. The van der Waals surface area contributed by atoms with E-state index in [1.54, 1.807) is 6.08 Å². The average molecular weight is 140 g/mol. The van der Waals surface area contributed by atoms with E-state index in [4.69, 9.17) is 4.74 Å². The van der Waals surface area contributed by atoms with E-state index in [0.717, 1.165) is 12.0 Å². The molecule has 0 aromatic rings. The van der Waals surface area contributed by atoms with Crippen molar-refractivity contribution in [1.82, 2.24) is 0 Å². The molecule has 0 aliphatic carbocycles. The smallest absolute Gasteiger partial charge is 0.331 e. The molecular weight excluding hydrogens is 128 g/mol. The van der Waals surface area contributed by atoms with Crippen molar-refractivity contribution in [2.45, 2.75) is 20.3 Å². The van der Waals surface area contributed by atoms with Gasteiger partial charge in [0, 0.05) is 6.08 Å². The zero-order chi connectivity index (χ0) is 7.56. The largest absolute Gasteiger partial charge is 0.458 e. The van der Waals surface area contributed by atoms with E-state index in [-0.39, 0.29) is 5.97 Å². The van der Waals surface area contributed by atoms with E-state index in [0.29, 0.717) is 12.5 Å². The lowest BCUT2D eigenvalue weighted by atomic mass is 10.0. The SMILES string of the molecule is CC(C)CC1=CC(=O)OC1. The standard InChI is InChI=1S/C8H12O2/c1-6(2)3-7-4-8(9)10-5-7/h4,6H,3,5H2,1-2H3. The maximum atomic E-state index is 10.5. The molecule has 0 atom stereocenters. The molecule has 0 spiro atoms. The summed E-state index contributed by atoms with van der Waals surface area (Å²) in [6.07, 6.45) is 2.58. The predicted octanol–water partition coefficient (Wildman–Crippen LogP) is 1.52. The van der Waals surface area contributed by atoms with Gasteiger partial charge in [-0.2, -0.15) is 0 Å². The van der Waals surface area contributed by atoms with E-state index >= 15 is 0 Å². The van der Waals surface area contributed by atoms with E-state index < -0.39 is 0 Å². The lowest BCUT2D eigenvalue weighted by Crippen LogP contribution is -1.94. The van der Waals surface area contributed by atoms with Crippen LogP contribution in [0.4, 0.5) is 0 Å². The van der Waals surface area contributed by atoms with Gasteiger partial charge in [0.25, 0.3) is 0 Å². The molecule has 1 heterocycles. The van der Waals surface area contributed by atoms with Gasteiger partial charge in [-0.1, -0.05) is 13.8 Å². The highest BCUT2D eigenvalue weighted by Gasteiger charge is 2.12. The maximum absolute atomic E-state index is 10.5. The highest BCUT2D eigenvalue weighted by Crippen LogP contribution is 2.15. The number of carbonyl (C=O) groups excluding carboxylic acids is 1. The molecule has 0 fully saturated rings. The number of esters is 1. The van der Waals surface area contributed by atoms with Crippen LogP contribution in [-0.2, 0) is 9.53 Å². The quantitative estimate of drug-likeness (QED) is 0.543. The van der Waals surface area contributed by atoms with Gasteiger partial charge in [0.05, 0.1) is 0 Å². The van der Waals surface area contributed by atoms with Crippen LogP contribution in [0.5, 0.6) is 0 Å². The van der Waals surface area contributed by atoms with Crippen molar-refractivity contribution in [2.75, 3.05) is 6.61 Å². The molecule has 1 aliphatic rings. The monoisotopic (exact) mass is 140 g/mol. The van der Waals surface area contributed by atoms with Gasteiger partial charge >= 0.3 is 5.97 Å². The van der Waals surface area contributed by atoms with Gasteiger partial charge in [-0.25, -0.2) is 4.79 Å². The number of hydrogen-bond donors (Lipinski definition) is 0. The Kier molecular flexibility index (Phi) is 2.10. The first-order valence-corrected chi connectivity index (χ1v) is 3.54. The fourth-order valence-electron chi connectivity index (χ4n) is 1.06. The highest BCUT2D eigenvalue weighted by molar-refractivity contribution is 5.85. The van der Waals surface area contributed by atoms with Crippen LogP contribution in [0.2, 0.25) is 0 Å². The molecule has 56 valence electrons. The van der Waals surface area contributed by atoms with Crippen molar-refractivity contribution in [3.63, 3.8) is 0 Å². The summed E-state index contributed by atoms with van der Waals surface area (Å²) in [7, 11) is 0. The van der Waals surface area contributed by atoms with Gasteiger partial charge in [0.2, 0.25) is 0 Å². The second-order valence-electron chi connectivity index (χ2n) is 3.01. The van der Waals surface area contributed by atoms with Crippen molar-refractivity contribution in [1.29, 1.82) is 0 Å². The summed E-state index contributed by atoms with van der Waals surface area (Å²) in [6, 6.07) is 0. The fraction of sp³-hybridized carbons (Fsp3) is 0.625. The molecule has 0 radical (unpaired) electrons. The van der Waals surface area contributed by atoms with Crippen LogP contribution in [0.3, 0.4) is 0 Å². The molecule has 0 N–H and O–H groups in total. The first kappa shape index (κ1) is 7.32. The third-order valence-electron chi connectivity index (χ3n) is 1.39. The Morgan fingerprint density at radius 2 is 2.40 bits per heavy atom. The Hall–Kier alpha value is -0.790. The van der Waals surface area contributed by atoms with Crippen LogP contribution < -0.4 is 0 Å². The molecule has 2 heteroatoms. The highest BCUT2D eigenvalue weighted by atomic mass is 16.5. The van der Waals surface area contributed by atoms with E-state index in [2.05, 4.69) is 13.8 Å². The lowest BCUT2D eigenvalue weighted by molar-refractivity contribution is -0.134. The topological polar surface area (TPSA) is 26.3 Å². The van der Waals surface area contributed by atoms with Crippen molar-refractivity contribution in [3.05, 3.63) is 11.6 Å². The second-order valence-corrected chi connectivity index (χ2v) is 3.01. The summed E-state index contributed by atoms with van der Waals surface area (Å²) in [5, 5.41) is 0. The van der Waals surface area contributed by atoms with Crippen LogP contribution in [-0.4, -0.2) is 12.6 Å². The van der Waals surface area contributed by atoms with Crippen LogP contribution in [0, 0.1) is 5.92 Å². The molecule has 1 aliphatic heterocycles. The zero-order valence-corrected chi connectivity index (χ0v) is 6.39. The Bertz CT molecular complexity index is 168. The van der Waals surface area contributed by atoms with Crippen LogP contribution in [0.15, 0.2) is 11.6 Å². The lowest BCUT2D eigenvalue weighted by Gasteiger charge is -2.02. The minimum atomic E-state index is -0.185. The van der Waals surface area contributed by atoms with Crippen molar-refractivity contribution in [2.24, 2.45) is 5.92 Å². The van der Waals surface area contributed by atoms with Crippen LogP contribution >= 0.6 is 0 Å². The van der Waals surface area contributed by atoms with Gasteiger partial charge in [-0.15, -0.1) is 0 Å². The summed E-state index contributed by atoms with van der Waals surface area (Å²) in [4.78, 5) is 10.5. The number of hydrogen-bond acceptors (Lipinski definition) is 2. The van der Waals surface area contributed by atoms with Gasteiger partial charge < -0.3 is 4.74 Å². The Balaban J connectivity index is 2.43. The molecule has 0 aromatic heterocycles. The first-order valence-electron chi connectivity index (χ1n) is 3.54. The summed E-state index contributed by atoms with van der Waals surface area (Å²) in [5.41, 5.74) is 1.13. The van der Waals surface area contributed by atoms with Crippen molar-refractivity contribution < 1.29 is 9.53 Å². The van der Waals surface area contributed by atoms with Crippen LogP contribution in [0.25, 0.3) is 0 Å². The zero-order valence-electron chi connectivity index (χ0n) is 6.39. The minimum absolute atomic E-state index is 0.185. The van der Waals surface area contributed by atoms with E-state index in [1.165, 1.54) is 0 Å². The summed E-state index contributed by atoms with van der Waals surface area (Å²) < 4.78 is 4.73. The van der Waals surface area contributed by atoms with Crippen molar-refractivity contribution >= 4 is 5.97 Å². The summed E-state index contributed by atoms with van der Waals surface area (Å²) in [6.45, 7) is 4.77. The van der Waals surface area contributed by atoms with Gasteiger partial charge in [-0.3, -0.25) is 0 Å². The molecule has 1 rings (SSSR count). The van der Waals surface area contributed by atoms with Gasteiger partial charge in [-0.05, 0) is 17.9 Å². The van der Waals surface area contributed by atoms with E-state index in [1.807, 2.05) is 0 Å². The molecule has 0 saturated heterocycles. The molecule has 0 saturated carbocycles. The molecule has 0 unspecified atom stereocenters. The molecule has 0 amide bonds. The van der Waals surface area contributed by atoms with Gasteiger partial charge in [0.1, 0.15) is 6.61 Å². The Morgan fingerprint density at radius 3 is 2.80 bits per heavy atom. The minimum Gasteiger partial charge on any atom is -0.458 e. The number of cyclic esters (lactones) is 1. The molecule has 10 heavy (non-hydrogen) atoms. The fourth-order valence-corrected chi connectivity index (χ4v) is 1.06. The Labute approximate surface area is 60.9 Å². The third kappa shape index (κ3) is 1.87. The van der Waals surface area contributed by atoms with Crippen molar-refractivity contribution in [3.8, 4) is 0 Å². The Morgan fingerprint density at radius 1 is 1.70 bits per heavy atom. The number of carbonyl (C=O) groups is 1. The first-order chi connectivity index (χ1) is 4.68. The summed E-state index contributed by atoms with van der Waals surface area (Å²) in [5.74, 6) is 0.427. The molecule has 0 bridgehead atoms. The predicted molar refractivity (Wildman–Crippen MR) is 38.5 cm³/mol. The van der Waals surface area contributed by atoms with E-state index in [9.17, 15) is 4.79 Å². The van der Waals surface area contributed by atoms with Gasteiger partial charge in [0.15, 0.2) is 0 Å². The number of rotatable bonds is 2. The van der Waals surface area contributed by atoms with Crippen LogP contribution in [0.1, 0.15) is 20.3 Å². The normalized spacial score (nSPS) is 17.5. The average Bonchev–Trinajstić information content (AvgIpc) is 2.13. The third-order valence-corrected chi connectivity index (χ3v) is 1.39. The molecule has 2 nitrogen and oxygen atoms in total. The second kappa shape index (κ2) is 2.86. The molecule has 0 aromatic carbocycles. The maximum Gasteiger partial charge on any atom is 0.331 e. The molecular formula is C8H12O2.